The maximum Gasteiger partial charge on any atom is 0.113 e. The Morgan fingerprint density at radius 3 is 2.94 bits per heavy atom. The van der Waals surface area contributed by atoms with Gasteiger partial charge in [0.2, 0.25) is 0 Å². The van der Waals surface area contributed by atoms with Crippen molar-refractivity contribution in [3.63, 3.8) is 0 Å². The van der Waals surface area contributed by atoms with Crippen LogP contribution in [0.4, 0.5) is 0 Å². The Kier molecular flexibility index (Phi) is 2.83. The van der Waals surface area contributed by atoms with Crippen molar-refractivity contribution in [2.24, 2.45) is 0 Å². The number of rotatable bonds is 2. The van der Waals surface area contributed by atoms with Crippen molar-refractivity contribution < 1.29 is 0 Å². The van der Waals surface area contributed by atoms with Gasteiger partial charge in [-0.1, -0.05) is 27.2 Å². The lowest BCUT2D eigenvalue weighted by molar-refractivity contribution is 0.558. The molecule has 0 saturated heterocycles. The van der Waals surface area contributed by atoms with Crippen molar-refractivity contribution in [1.29, 1.82) is 0 Å². The van der Waals surface area contributed by atoms with E-state index in [1.807, 2.05) is 41.2 Å². The van der Waals surface area contributed by atoms with E-state index in [1.165, 1.54) is 0 Å². The van der Waals surface area contributed by atoms with Gasteiger partial charge in [0.1, 0.15) is 5.52 Å². The molecule has 0 aliphatic heterocycles. The third kappa shape index (κ3) is 1.90. The summed E-state index contributed by atoms with van der Waals surface area (Å²) in [6, 6.07) is 10.0. The van der Waals surface area contributed by atoms with E-state index in [0.29, 0.717) is 0 Å². The quantitative estimate of drug-likeness (QED) is 0.730. The lowest BCUT2D eigenvalue weighted by atomic mass is 10.1. The average Bonchev–Trinajstić information content (AvgIpc) is 2.82. The Morgan fingerprint density at radius 1 is 1.28 bits per heavy atom. The second kappa shape index (κ2) is 4.49. The molecule has 0 amide bonds. The highest BCUT2D eigenvalue weighted by Gasteiger charge is 2.13. The zero-order valence-corrected chi connectivity index (χ0v) is 11.4. The number of hydrogen-bond donors (Lipinski definition) is 0. The first-order valence-electron chi connectivity index (χ1n) is 5.66. The predicted molar refractivity (Wildman–Crippen MR) is 73.3 cm³/mol. The van der Waals surface area contributed by atoms with Gasteiger partial charge in [0.15, 0.2) is 0 Å². The molecule has 2 heterocycles. The van der Waals surface area contributed by atoms with Crippen molar-refractivity contribution >= 4 is 27.0 Å². The molecule has 18 heavy (non-hydrogen) atoms. The van der Waals surface area contributed by atoms with E-state index in [4.69, 9.17) is 0 Å². The van der Waals surface area contributed by atoms with Gasteiger partial charge >= 0.3 is 0 Å². The number of pyridine rings is 1. The number of hydrogen-bond acceptors (Lipinski definition) is 3. The summed E-state index contributed by atoms with van der Waals surface area (Å²) in [5, 5.41) is 8.41. The molecule has 2 aromatic heterocycles. The first kappa shape index (κ1) is 11.3. The minimum Gasteiger partial charge on any atom is -0.264 e. The zero-order chi connectivity index (χ0) is 12.5. The fraction of sp³-hybridized carbons (Fsp3) is 0.154. The molecule has 0 N–H and O–H groups in total. The minimum atomic E-state index is 0.109. The Bertz CT molecular complexity index is 678. The minimum absolute atomic E-state index is 0.109. The van der Waals surface area contributed by atoms with Crippen molar-refractivity contribution in [2.75, 3.05) is 0 Å². The molecule has 3 aromatic rings. The van der Waals surface area contributed by atoms with E-state index in [2.05, 4.69) is 38.1 Å². The zero-order valence-electron chi connectivity index (χ0n) is 9.79. The van der Waals surface area contributed by atoms with E-state index in [1.54, 1.807) is 6.20 Å². The van der Waals surface area contributed by atoms with Crippen LogP contribution >= 0.6 is 15.9 Å². The fourth-order valence-electron chi connectivity index (χ4n) is 1.96. The van der Waals surface area contributed by atoms with Gasteiger partial charge in [0.05, 0.1) is 11.6 Å². The van der Waals surface area contributed by atoms with Gasteiger partial charge in [0.25, 0.3) is 0 Å². The molecule has 5 heteroatoms. The molecule has 4 nitrogen and oxygen atoms in total. The largest absolute Gasteiger partial charge is 0.264 e. The van der Waals surface area contributed by atoms with Gasteiger partial charge in [-0.25, -0.2) is 4.68 Å². The van der Waals surface area contributed by atoms with Crippen molar-refractivity contribution in [3.8, 4) is 0 Å². The molecule has 0 unspecified atom stereocenters. The topological polar surface area (TPSA) is 43.6 Å². The van der Waals surface area contributed by atoms with Crippen LogP contribution in [0.15, 0.2) is 47.2 Å². The van der Waals surface area contributed by atoms with E-state index in [0.717, 1.165) is 21.1 Å². The van der Waals surface area contributed by atoms with E-state index in [-0.39, 0.29) is 6.04 Å². The molecular formula is C13H11BrN4. The second-order valence-electron chi connectivity index (χ2n) is 4.13. The molecule has 0 bridgehead atoms. The highest BCUT2D eigenvalue weighted by atomic mass is 79.9. The lowest BCUT2D eigenvalue weighted by Gasteiger charge is -2.12. The lowest BCUT2D eigenvalue weighted by Crippen LogP contribution is -2.08. The summed E-state index contributed by atoms with van der Waals surface area (Å²) in [6.07, 6.45) is 3.63. The standard InChI is InChI=1S/C13H11BrN4/c1-9(10-3-2-6-15-8-10)18-13-7-11(14)4-5-12(13)16-17-18/h2-9H,1H3/t9-/m0/s1. The molecule has 0 spiro atoms. The molecule has 1 atom stereocenters. The van der Waals surface area contributed by atoms with Gasteiger partial charge in [-0.15, -0.1) is 5.10 Å². The number of nitrogens with zero attached hydrogens (tertiary/aromatic N) is 4. The SMILES string of the molecule is C[C@@H](c1cccnc1)n1nnc2ccc(Br)cc21. The van der Waals surface area contributed by atoms with Gasteiger partial charge in [-0.3, -0.25) is 4.98 Å². The number of aromatic nitrogens is 4. The fourth-order valence-corrected chi connectivity index (χ4v) is 2.31. The van der Waals surface area contributed by atoms with E-state index in [9.17, 15) is 0 Å². The first-order chi connectivity index (χ1) is 8.75. The summed E-state index contributed by atoms with van der Waals surface area (Å²) in [5.41, 5.74) is 3.03. The van der Waals surface area contributed by atoms with Crippen LogP contribution < -0.4 is 0 Å². The van der Waals surface area contributed by atoms with E-state index >= 15 is 0 Å². The van der Waals surface area contributed by atoms with E-state index < -0.39 is 0 Å². The molecule has 0 saturated carbocycles. The first-order valence-corrected chi connectivity index (χ1v) is 6.45. The normalized spacial score (nSPS) is 12.8. The summed E-state index contributed by atoms with van der Waals surface area (Å²) in [4.78, 5) is 4.14. The molecule has 0 aliphatic carbocycles. The van der Waals surface area contributed by atoms with Gasteiger partial charge in [-0.2, -0.15) is 0 Å². The predicted octanol–water partition coefficient (Wildman–Crippen LogP) is 3.20. The molecule has 90 valence electrons. The van der Waals surface area contributed by atoms with Crippen LogP contribution in [0, 0.1) is 0 Å². The molecule has 0 aliphatic rings. The summed E-state index contributed by atoms with van der Waals surface area (Å²) in [7, 11) is 0. The molecular weight excluding hydrogens is 292 g/mol. The highest BCUT2D eigenvalue weighted by Crippen LogP contribution is 2.23. The van der Waals surface area contributed by atoms with Crippen molar-refractivity contribution in [1.82, 2.24) is 20.0 Å². The second-order valence-corrected chi connectivity index (χ2v) is 5.05. The number of benzene rings is 1. The Labute approximate surface area is 113 Å². The van der Waals surface area contributed by atoms with Crippen LogP contribution in [0.1, 0.15) is 18.5 Å². The average molecular weight is 303 g/mol. The van der Waals surface area contributed by atoms with Crippen LogP contribution in [0.3, 0.4) is 0 Å². The molecule has 3 rings (SSSR count). The number of halogens is 1. The Morgan fingerprint density at radius 2 is 2.17 bits per heavy atom. The summed E-state index contributed by atoms with van der Waals surface area (Å²) in [5.74, 6) is 0. The summed E-state index contributed by atoms with van der Waals surface area (Å²) >= 11 is 3.48. The Balaban J connectivity index is 2.12. The van der Waals surface area contributed by atoms with Gasteiger partial charge in [0, 0.05) is 16.9 Å². The smallest absolute Gasteiger partial charge is 0.113 e. The number of fused-ring (bicyclic) bond motifs is 1. The van der Waals surface area contributed by atoms with Gasteiger partial charge < -0.3 is 0 Å². The van der Waals surface area contributed by atoms with Crippen LogP contribution in [-0.4, -0.2) is 20.0 Å². The summed E-state index contributed by atoms with van der Waals surface area (Å²) < 4.78 is 2.94. The monoisotopic (exact) mass is 302 g/mol. The van der Waals surface area contributed by atoms with Crippen LogP contribution in [0.2, 0.25) is 0 Å². The van der Waals surface area contributed by atoms with Crippen LogP contribution in [0.25, 0.3) is 11.0 Å². The van der Waals surface area contributed by atoms with Crippen LogP contribution in [0.5, 0.6) is 0 Å². The molecule has 0 radical (unpaired) electrons. The maximum atomic E-state index is 4.23. The summed E-state index contributed by atoms with van der Waals surface area (Å²) in [6.45, 7) is 2.09. The maximum absolute atomic E-state index is 4.23. The van der Waals surface area contributed by atoms with Gasteiger partial charge in [-0.05, 0) is 36.8 Å². The van der Waals surface area contributed by atoms with Crippen LogP contribution in [-0.2, 0) is 0 Å². The molecule has 1 aromatic carbocycles. The third-order valence-electron chi connectivity index (χ3n) is 2.97. The van der Waals surface area contributed by atoms with Crippen molar-refractivity contribution in [3.05, 3.63) is 52.8 Å². The third-order valence-corrected chi connectivity index (χ3v) is 3.46. The Hall–Kier alpha value is -1.75. The van der Waals surface area contributed by atoms with Crippen molar-refractivity contribution in [2.45, 2.75) is 13.0 Å². The molecule has 0 fully saturated rings. The highest BCUT2D eigenvalue weighted by molar-refractivity contribution is 9.10.